The van der Waals surface area contributed by atoms with Gasteiger partial charge >= 0.3 is 29.2 Å². The van der Waals surface area contributed by atoms with Crippen LogP contribution in [0.1, 0.15) is 12.7 Å². The number of rotatable bonds is 13. The molecule has 0 radical (unpaired) electrons. The number of hydrogen-bond donors (Lipinski definition) is 6. The van der Waals surface area contributed by atoms with Crippen LogP contribution in [-0.4, -0.2) is 66.1 Å². The van der Waals surface area contributed by atoms with Crippen molar-refractivity contribution in [2.45, 2.75) is 30.8 Å². The Kier molecular flexibility index (Phi) is 9.97. The van der Waals surface area contributed by atoms with E-state index in [2.05, 4.69) is 17.9 Å². The lowest BCUT2D eigenvalue weighted by Crippen LogP contribution is -2.53. The maximum Gasteiger partial charge on any atom is 0.490 e. The molecule has 192 valence electrons. The number of aromatic amines is 1. The molecule has 1 aromatic rings. The molecule has 1 aromatic heterocycles. The van der Waals surface area contributed by atoms with Gasteiger partial charge in [-0.15, -0.1) is 0 Å². The van der Waals surface area contributed by atoms with Crippen molar-refractivity contribution in [1.29, 1.82) is 0 Å². The monoisotopic (exact) mass is 552 g/mol. The standard InChI is InChI=1S/C11H18F3N2O14P3/c1-27-11(4-6(12)13,8(18)9(14)16-3-2-7(17)15-10(16)19)5-28-32(23,24)30-33(25,26)29-31(20,21)22/h2-3,6,8-9,18H,4-5H2,1H3,(H,23,24)(H,25,26)(H,15,17,19)(H2,20,21,22)/t8-,9-,11+/m0/s1. The van der Waals surface area contributed by atoms with Gasteiger partial charge in [-0.3, -0.25) is 18.9 Å². The highest BCUT2D eigenvalue weighted by Crippen LogP contribution is 2.66. The van der Waals surface area contributed by atoms with Crippen LogP contribution in [0.25, 0.3) is 0 Å². The van der Waals surface area contributed by atoms with E-state index in [0.717, 1.165) is 0 Å². The number of ether oxygens (including phenoxy) is 1. The number of hydrogen-bond acceptors (Lipinski definition) is 10. The van der Waals surface area contributed by atoms with Crippen molar-refractivity contribution in [3.8, 4) is 0 Å². The summed E-state index contributed by atoms with van der Waals surface area (Å²) in [7, 11) is -16.9. The number of alkyl halides is 3. The van der Waals surface area contributed by atoms with E-state index in [1.165, 1.54) is 0 Å². The van der Waals surface area contributed by atoms with E-state index in [-0.39, 0.29) is 4.57 Å². The molecule has 33 heavy (non-hydrogen) atoms. The molecule has 5 atom stereocenters. The van der Waals surface area contributed by atoms with Crippen LogP contribution in [-0.2, 0) is 31.6 Å². The van der Waals surface area contributed by atoms with E-state index in [9.17, 15) is 46.5 Å². The van der Waals surface area contributed by atoms with Gasteiger partial charge in [0.05, 0.1) is 6.61 Å². The van der Waals surface area contributed by atoms with Crippen molar-refractivity contribution >= 4 is 23.5 Å². The summed E-state index contributed by atoms with van der Waals surface area (Å²) in [5.41, 5.74) is -5.30. The van der Waals surface area contributed by atoms with E-state index in [1.807, 2.05) is 0 Å². The lowest BCUT2D eigenvalue weighted by Gasteiger charge is -2.38. The van der Waals surface area contributed by atoms with E-state index < -0.39 is 72.2 Å². The molecule has 1 rings (SSSR count). The first kappa shape index (κ1) is 29.8. The molecule has 0 bridgehead atoms. The number of nitrogens with zero attached hydrogens (tertiary/aromatic N) is 1. The molecule has 0 spiro atoms. The van der Waals surface area contributed by atoms with Gasteiger partial charge < -0.3 is 29.4 Å². The van der Waals surface area contributed by atoms with E-state index >= 15 is 0 Å². The minimum Gasteiger partial charge on any atom is -0.385 e. The molecule has 2 unspecified atom stereocenters. The Hall–Kier alpha value is -1.20. The van der Waals surface area contributed by atoms with Crippen LogP contribution in [0.2, 0.25) is 0 Å². The molecule has 0 amide bonds. The van der Waals surface area contributed by atoms with E-state index in [0.29, 0.717) is 19.4 Å². The number of halogens is 3. The Morgan fingerprint density at radius 1 is 1.09 bits per heavy atom. The van der Waals surface area contributed by atoms with Crippen molar-refractivity contribution in [2.24, 2.45) is 0 Å². The first-order valence-electron chi connectivity index (χ1n) is 8.08. The van der Waals surface area contributed by atoms with Crippen molar-refractivity contribution in [3.63, 3.8) is 0 Å². The highest BCUT2D eigenvalue weighted by Gasteiger charge is 2.49. The summed E-state index contributed by atoms with van der Waals surface area (Å²) < 4.78 is 90.6. The molecule has 6 N–H and O–H groups in total. The molecule has 16 nitrogen and oxygen atoms in total. The first-order chi connectivity index (χ1) is 14.8. The topological polar surface area (TPSA) is 244 Å². The van der Waals surface area contributed by atoms with Gasteiger partial charge in [-0.25, -0.2) is 31.7 Å². The van der Waals surface area contributed by atoms with Crippen LogP contribution >= 0.6 is 23.5 Å². The number of nitrogens with one attached hydrogen (secondary N) is 1. The second-order valence-corrected chi connectivity index (χ2v) is 10.5. The van der Waals surface area contributed by atoms with Crippen molar-refractivity contribution in [2.75, 3.05) is 13.7 Å². The Morgan fingerprint density at radius 2 is 1.67 bits per heavy atom. The lowest BCUT2D eigenvalue weighted by atomic mass is 9.92. The third-order valence-electron chi connectivity index (χ3n) is 3.71. The SMILES string of the molecule is CO[C@@](COP(=O)(O)OP(=O)(O)OP(=O)(O)O)(CC(F)F)[C@@H](O)[C@@H](F)n1ccc(=O)[nH]c1=O. The Labute approximate surface area is 181 Å². The predicted molar refractivity (Wildman–Crippen MR) is 97.7 cm³/mol. The van der Waals surface area contributed by atoms with Crippen LogP contribution < -0.4 is 11.2 Å². The second-order valence-electron chi connectivity index (χ2n) is 6.06. The number of H-pyrrole nitrogens is 1. The smallest absolute Gasteiger partial charge is 0.385 e. The van der Waals surface area contributed by atoms with Gasteiger partial charge in [-0.05, 0) is 0 Å². The fourth-order valence-corrected chi connectivity index (χ4v) is 5.38. The highest BCUT2D eigenvalue weighted by atomic mass is 31.3. The summed E-state index contributed by atoms with van der Waals surface area (Å²) in [5.74, 6) is 0. The zero-order valence-electron chi connectivity index (χ0n) is 16.1. The molecule has 0 saturated heterocycles. The van der Waals surface area contributed by atoms with Crippen LogP contribution in [0, 0.1) is 0 Å². The quantitative estimate of drug-likeness (QED) is 0.173. The van der Waals surface area contributed by atoms with Crippen LogP contribution in [0.5, 0.6) is 0 Å². The number of aliphatic hydroxyl groups is 1. The molecule has 1 heterocycles. The number of phosphoric acid groups is 3. The molecular formula is C11H18F3N2O14P3. The average Bonchev–Trinajstić information content (AvgIpc) is 2.60. The van der Waals surface area contributed by atoms with Gasteiger partial charge in [0.25, 0.3) is 5.56 Å². The first-order valence-corrected chi connectivity index (χ1v) is 12.6. The fraction of sp³-hybridized carbons (Fsp3) is 0.636. The summed E-state index contributed by atoms with van der Waals surface area (Å²) >= 11 is 0. The van der Waals surface area contributed by atoms with Crippen LogP contribution in [0.3, 0.4) is 0 Å². The average molecular weight is 552 g/mol. The maximum atomic E-state index is 14.8. The van der Waals surface area contributed by atoms with Gasteiger partial charge in [0, 0.05) is 25.8 Å². The fourth-order valence-electron chi connectivity index (χ4n) is 2.31. The van der Waals surface area contributed by atoms with Crippen molar-refractivity contribution in [1.82, 2.24) is 9.55 Å². The number of aromatic nitrogens is 2. The lowest BCUT2D eigenvalue weighted by molar-refractivity contribution is -0.179. The largest absolute Gasteiger partial charge is 0.490 e. The Bertz CT molecular complexity index is 1070. The second kappa shape index (κ2) is 11.0. The van der Waals surface area contributed by atoms with Gasteiger partial charge in [-0.2, -0.15) is 8.62 Å². The number of aliphatic hydroxyl groups excluding tert-OH is 1. The van der Waals surface area contributed by atoms with Gasteiger partial charge in [0.15, 0.2) is 0 Å². The van der Waals surface area contributed by atoms with E-state index in [4.69, 9.17) is 14.7 Å². The minimum atomic E-state index is -5.96. The summed E-state index contributed by atoms with van der Waals surface area (Å²) in [6.07, 6.45) is -10.1. The third kappa shape index (κ3) is 9.16. The van der Waals surface area contributed by atoms with Gasteiger partial charge in [0.2, 0.25) is 12.7 Å². The summed E-state index contributed by atoms with van der Waals surface area (Å²) in [6, 6.07) is 0.647. The summed E-state index contributed by atoms with van der Waals surface area (Å²) in [5, 5.41) is 10.3. The van der Waals surface area contributed by atoms with Crippen LogP contribution in [0.4, 0.5) is 13.2 Å². The molecule has 0 fully saturated rings. The molecular weight excluding hydrogens is 534 g/mol. The normalized spacial score (nSPS) is 19.9. The molecule has 0 aliphatic rings. The minimum absolute atomic E-state index is 0.0656. The predicted octanol–water partition coefficient (Wildman–Crippen LogP) is -0.251. The summed E-state index contributed by atoms with van der Waals surface area (Å²) in [6.45, 7) is -1.66. The maximum absolute atomic E-state index is 14.8. The van der Waals surface area contributed by atoms with Gasteiger partial charge in [0.1, 0.15) is 11.7 Å². The highest BCUT2D eigenvalue weighted by molar-refractivity contribution is 7.66. The molecule has 22 heteroatoms. The molecule has 0 aliphatic heterocycles. The summed E-state index contributed by atoms with van der Waals surface area (Å²) in [4.78, 5) is 59.9. The Morgan fingerprint density at radius 3 is 2.12 bits per heavy atom. The zero-order chi connectivity index (χ0) is 25.8. The molecule has 0 saturated carbocycles. The van der Waals surface area contributed by atoms with Gasteiger partial charge in [-0.1, -0.05) is 0 Å². The Balaban J connectivity index is 3.21. The zero-order valence-corrected chi connectivity index (χ0v) is 18.8. The van der Waals surface area contributed by atoms with Crippen LogP contribution in [0.15, 0.2) is 21.9 Å². The molecule has 0 aromatic carbocycles. The van der Waals surface area contributed by atoms with Crippen molar-refractivity contribution < 1.29 is 69.4 Å². The van der Waals surface area contributed by atoms with E-state index in [1.54, 1.807) is 4.98 Å². The number of methoxy groups -OCH3 is 1. The van der Waals surface area contributed by atoms with Crippen molar-refractivity contribution in [3.05, 3.63) is 33.1 Å². The molecule has 0 aliphatic carbocycles. The number of phosphoric ester groups is 1. The third-order valence-corrected chi connectivity index (χ3v) is 7.49.